The summed E-state index contributed by atoms with van der Waals surface area (Å²) in [6.45, 7) is 2.83. The van der Waals surface area contributed by atoms with Crippen molar-refractivity contribution >= 4 is 38.9 Å². The van der Waals surface area contributed by atoms with Gasteiger partial charge in [-0.3, -0.25) is 14.3 Å². The fourth-order valence-corrected chi connectivity index (χ4v) is 3.94. The van der Waals surface area contributed by atoms with E-state index in [2.05, 4.69) is 15.4 Å². The van der Waals surface area contributed by atoms with Crippen LogP contribution in [0.2, 0.25) is 0 Å². The summed E-state index contributed by atoms with van der Waals surface area (Å²) < 4.78 is 55.2. The summed E-state index contributed by atoms with van der Waals surface area (Å²) >= 11 is 0. The molecule has 0 aliphatic heterocycles. The van der Waals surface area contributed by atoms with E-state index in [1.54, 1.807) is 6.92 Å². The minimum atomic E-state index is -4.17. The number of aryl methyl sites for hydroxylation is 1. The monoisotopic (exact) mass is 459 g/mol. The largest absolute Gasteiger partial charge is 0.324 e. The molecule has 3 aromatic rings. The van der Waals surface area contributed by atoms with Crippen LogP contribution in [-0.2, 0) is 14.8 Å². The number of sulfonamides is 1. The first-order chi connectivity index (χ1) is 15.1. The van der Waals surface area contributed by atoms with Crippen LogP contribution in [0.25, 0.3) is 0 Å². The highest BCUT2D eigenvalue weighted by Gasteiger charge is 2.20. The number of carbonyl (C=O) groups excluding carboxylic acids is 2. The molecule has 0 radical (unpaired) electrons. The number of carbonyl (C=O) groups is 2. The van der Waals surface area contributed by atoms with Gasteiger partial charge in [-0.15, -0.1) is 0 Å². The predicted molar refractivity (Wildman–Crippen MR) is 117 cm³/mol. The van der Waals surface area contributed by atoms with Crippen molar-refractivity contribution in [1.29, 1.82) is 0 Å². The Morgan fingerprint density at radius 2 is 1.53 bits per heavy atom. The summed E-state index contributed by atoms with van der Waals surface area (Å²) in [4.78, 5) is 23.7. The molecule has 0 heterocycles. The zero-order valence-corrected chi connectivity index (χ0v) is 17.9. The van der Waals surface area contributed by atoms with Crippen molar-refractivity contribution in [2.45, 2.75) is 18.7 Å². The van der Waals surface area contributed by atoms with E-state index in [4.69, 9.17) is 0 Å². The van der Waals surface area contributed by atoms with Crippen LogP contribution in [0.1, 0.15) is 22.8 Å². The molecule has 3 rings (SSSR count). The molecule has 166 valence electrons. The molecular weight excluding hydrogens is 440 g/mol. The lowest BCUT2D eigenvalue weighted by Gasteiger charge is -2.13. The maximum absolute atomic E-state index is 13.8. The van der Waals surface area contributed by atoms with Crippen LogP contribution >= 0.6 is 0 Å². The van der Waals surface area contributed by atoms with E-state index in [-0.39, 0.29) is 27.5 Å². The molecule has 10 heteroatoms. The van der Waals surface area contributed by atoms with Gasteiger partial charge in [0.15, 0.2) is 0 Å². The van der Waals surface area contributed by atoms with Gasteiger partial charge in [0.25, 0.3) is 15.9 Å². The maximum atomic E-state index is 13.8. The molecule has 7 nitrogen and oxygen atoms in total. The van der Waals surface area contributed by atoms with Gasteiger partial charge in [0.05, 0.1) is 16.3 Å². The highest BCUT2D eigenvalue weighted by atomic mass is 32.2. The second-order valence-electron chi connectivity index (χ2n) is 6.89. The summed E-state index contributed by atoms with van der Waals surface area (Å²) in [6.07, 6.45) is 0. The summed E-state index contributed by atoms with van der Waals surface area (Å²) in [5, 5.41) is 4.86. The van der Waals surface area contributed by atoms with Crippen molar-refractivity contribution in [1.82, 2.24) is 0 Å². The molecule has 3 N–H and O–H groups in total. The topological polar surface area (TPSA) is 104 Å². The van der Waals surface area contributed by atoms with Crippen LogP contribution in [0.5, 0.6) is 0 Å². The number of para-hydroxylation sites is 1. The first-order valence-electron chi connectivity index (χ1n) is 9.33. The second kappa shape index (κ2) is 9.15. The highest BCUT2D eigenvalue weighted by Crippen LogP contribution is 2.23. The SMILES string of the molecule is CC(=O)Nc1cc(NC(=O)c2cc(S(=O)(=O)Nc3ccccc3F)ccc2C)ccc1F. The van der Waals surface area contributed by atoms with Crippen molar-refractivity contribution in [2.75, 3.05) is 15.4 Å². The van der Waals surface area contributed by atoms with E-state index in [9.17, 15) is 26.8 Å². The van der Waals surface area contributed by atoms with Gasteiger partial charge in [0.2, 0.25) is 5.91 Å². The molecule has 0 saturated carbocycles. The third-order valence-corrected chi connectivity index (χ3v) is 5.78. The first-order valence-corrected chi connectivity index (χ1v) is 10.8. The summed E-state index contributed by atoms with van der Waals surface area (Å²) in [5.74, 6) is -2.55. The summed E-state index contributed by atoms with van der Waals surface area (Å²) in [5.41, 5.74) is 0.383. The van der Waals surface area contributed by atoms with Crippen molar-refractivity contribution < 1.29 is 26.8 Å². The van der Waals surface area contributed by atoms with Crippen molar-refractivity contribution in [3.8, 4) is 0 Å². The summed E-state index contributed by atoms with van der Waals surface area (Å²) in [6, 6.07) is 12.8. The molecule has 0 aliphatic rings. The van der Waals surface area contributed by atoms with E-state index >= 15 is 0 Å². The van der Waals surface area contributed by atoms with E-state index in [1.807, 2.05) is 0 Å². The standard InChI is InChI=1S/C22H19F2N3O4S/c1-13-7-9-16(32(30,31)27-20-6-4-3-5-18(20)23)12-17(13)22(29)26-15-8-10-19(24)21(11-15)25-14(2)28/h3-12,27H,1-2H3,(H,25,28)(H,26,29). The first kappa shape index (κ1) is 22.9. The van der Waals surface area contributed by atoms with Crippen LogP contribution in [0.15, 0.2) is 65.6 Å². The average Bonchev–Trinajstić information content (AvgIpc) is 2.72. The molecule has 0 saturated heterocycles. The number of anilines is 3. The second-order valence-corrected chi connectivity index (χ2v) is 8.57. The van der Waals surface area contributed by atoms with Gasteiger partial charge in [-0.2, -0.15) is 0 Å². The van der Waals surface area contributed by atoms with Crippen molar-refractivity contribution in [3.63, 3.8) is 0 Å². The molecule has 0 atom stereocenters. The smallest absolute Gasteiger partial charge is 0.262 e. The quantitative estimate of drug-likeness (QED) is 0.512. The number of rotatable bonds is 6. The zero-order valence-electron chi connectivity index (χ0n) is 17.1. The normalized spacial score (nSPS) is 11.0. The van der Waals surface area contributed by atoms with E-state index < -0.39 is 33.5 Å². The number of hydrogen-bond donors (Lipinski definition) is 3. The Morgan fingerprint density at radius 1 is 0.844 bits per heavy atom. The zero-order chi connectivity index (χ0) is 23.5. The highest BCUT2D eigenvalue weighted by molar-refractivity contribution is 7.92. The van der Waals surface area contributed by atoms with E-state index in [0.29, 0.717) is 5.56 Å². The van der Waals surface area contributed by atoms with Gasteiger partial charge in [0, 0.05) is 18.2 Å². The van der Waals surface area contributed by atoms with Gasteiger partial charge in [-0.25, -0.2) is 17.2 Å². The third-order valence-electron chi connectivity index (χ3n) is 4.42. The van der Waals surface area contributed by atoms with Gasteiger partial charge in [-0.1, -0.05) is 18.2 Å². The maximum Gasteiger partial charge on any atom is 0.262 e. The lowest BCUT2D eigenvalue weighted by atomic mass is 10.1. The minimum absolute atomic E-state index is 0.0480. The average molecular weight is 459 g/mol. The fraction of sp³-hybridized carbons (Fsp3) is 0.0909. The van der Waals surface area contributed by atoms with E-state index in [0.717, 1.165) is 18.2 Å². The molecule has 0 aromatic heterocycles. The molecule has 0 fully saturated rings. The molecule has 0 unspecified atom stereocenters. The number of halogens is 2. The molecule has 3 aromatic carbocycles. The third kappa shape index (κ3) is 5.27. The van der Waals surface area contributed by atoms with Crippen LogP contribution in [0, 0.1) is 18.6 Å². The van der Waals surface area contributed by atoms with Crippen LogP contribution in [-0.4, -0.2) is 20.2 Å². The van der Waals surface area contributed by atoms with E-state index in [1.165, 1.54) is 49.4 Å². The van der Waals surface area contributed by atoms with Crippen LogP contribution in [0.3, 0.4) is 0 Å². The van der Waals surface area contributed by atoms with Crippen molar-refractivity contribution in [2.24, 2.45) is 0 Å². The Balaban J connectivity index is 1.88. The Hall–Kier alpha value is -3.79. The van der Waals surface area contributed by atoms with Crippen LogP contribution < -0.4 is 15.4 Å². The Bertz CT molecular complexity index is 1310. The lowest BCUT2D eigenvalue weighted by molar-refractivity contribution is -0.114. The predicted octanol–water partition coefficient (Wildman–Crippen LogP) is 4.28. The fourth-order valence-electron chi connectivity index (χ4n) is 2.85. The summed E-state index contributed by atoms with van der Waals surface area (Å²) in [7, 11) is -4.17. The molecule has 2 amide bonds. The molecule has 0 spiro atoms. The Kier molecular flexibility index (Phi) is 6.54. The Morgan fingerprint density at radius 3 is 2.22 bits per heavy atom. The molecule has 32 heavy (non-hydrogen) atoms. The van der Waals surface area contributed by atoms with Crippen LogP contribution in [0.4, 0.5) is 25.8 Å². The number of benzene rings is 3. The van der Waals surface area contributed by atoms with Gasteiger partial charge >= 0.3 is 0 Å². The molecular formula is C22H19F2N3O4S. The number of nitrogens with one attached hydrogen (secondary N) is 3. The lowest BCUT2D eigenvalue weighted by Crippen LogP contribution is -2.17. The molecule has 0 bridgehead atoms. The van der Waals surface area contributed by atoms with Gasteiger partial charge < -0.3 is 10.6 Å². The van der Waals surface area contributed by atoms with Gasteiger partial charge in [-0.05, 0) is 55.0 Å². The number of amides is 2. The Labute approximate surface area is 183 Å². The number of hydrogen-bond acceptors (Lipinski definition) is 4. The van der Waals surface area contributed by atoms with Gasteiger partial charge in [0.1, 0.15) is 11.6 Å². The minimum Gasteiger partial charge on any atom is -0.324 e. The van der Waals surface area contributed by atoms with Crippen molar-refractivity contribution in [3.05, 3.63) is 83.4 Å². The molecule has 0 aliphatic carbocycles.